The Balaban J connectivity index is 2.46. The molecule has 0 unspecified atom stereocenters. The van der Waals surface area contributed by atoms with E-state index in [0.717, 1.165) is 25.3 Å². The number of hydrogen-bond acceptors (Lipinski definition) is 3. The van der Waals surface area contributed by atoms with Crippen molar-refractivity contribution in [3.8, 4) is 5.75 Å². The molecule has 0 bridgehead atoms. The molecule has 4 heteroatoms. The quantitative estimate of drug-likeness (QED) is 0.587. The summed E-state index contributed by atoms with van der Waals surface area (Å²) in [6, 6.07) is 8.10. The minimum absolute atomic E-state index is 0.228. The first-order valence-corrected chi connectivity index (χ1v) is 6.51. The smallest absolute Gasteiger partial charge is 0.118 e. The molecule has 3 N–H and O–H groups in total. The minimum atomic E-state index is -0.228. The zero-order valence-corrected chi connectivity index (χ0v) is 12.4. The number of ether oxygens (including phenoxy) is 1. The van der Waals surface area contributed by atoms with Crippen LogP contribution in [-0.2, 0) is 6.54 Å². The molecule has 0 fully saturated rings. The van der Waals surface area contributed by atoms with Crippen molar-refractivity contribution in [2.24, 2.45) is 11.1 Å². The molecule has 106 valence electrons. The highest BCUT2D eigenvalue weighted by Gasteiger charge is 2.21. The summed E-state index contributed by atoms with van der Waals surface area (Å²) in [6.07, 6.45) is 0.884. The largest absolute Gasteiger partial charge is 0.497 e. The first kappa shape index (κ1) is 15.5. The van der Waals surface area contributed by atoms with Crippen LogP contribution >= 0.6 is 0 Å². The summed E-state index contributed by atoms with van der Waals surface area (Å²) in [7, 11) is 3.76. The molecule has 0 saturated heterocycles. The van der Waals surface area contributed by atoms with Gasteiger partial charge in [0.2, 0.25) is 0 Å². The van der Waals surface area contributed by atoms with Gasteiger partial charge in [-0.25, -0.2) is 0 Å². The van der Waals surface area contributed by atoms with Crippen molar-refractivity contribution >= 4 is 5.84 Å². The summed E-state index contributed by atoms with van der Waals surface area (Å²) >= 11 is 0. The molecule has 0 aliphatic rings. The average molecular weight is 263 g/mol. The van der Waals surface area contributed by atoms with E-state index in [9.17, 15) is 0 Å². The topological polar surface area (TPSA) is 62.3 Å². The summed E-state index contributed by atoms with van der Waals surface area (Å²) in [4.78, 5) is 2.24. The zero-order chi connectivity index (χ0) is 14.5. The first-order valence-electron chi connectivity index (χ1n) is 6.51. The van der Waals surface area contributed by atoms with Crippen molar-refractivity contribution in [2.45, 2.75) is 26.8 Å². The third kappa shape index (κ3) is 4.91. The van der Waals surface area contributed by atoms with Crippen LogP contribution in [-0.4, -0.2) is 31.4 Å². The summed E-state index contributed by atoms with van der Waals surface area (Å²) in [5, 5.41) is 7.55. The molecule has 0 radical (unpaired) electrons. The van der Waals surface area contributed by atoms with Gasteiger partial charge in [0.05, 0.1) is 12.9 Å². The fraction of sp³-hybridized carbons (Fsp3) is 0.533. The highest BCUT2D eigenvalue weighted by Crippen LogP contribution is 2.20. The number of nitrogens with one attached hydrogen (secondary N) is 1. The lowest BCUT2D eigenvalue weighted by atomic mass is 9.88. The van der Waals surface area contributed by atoms with Gasteiger partial charge >= 0.3 is 0 Å². The Hall–Kier alpha value is -1.55. The fourth-order valence-corrected chi connectivity index (χ4v) is 1.73. The third-order valence-electron chi connectivity index (χ3n) is 3.46. The fourth-order valence-electron chi connectivity index (χ4n) is 1.73. The lowest BCUT2D eigenvalue weighted by Gasteiger charge is -2.26. The zero-order valence-electron chi connectivity index (χ0n) is 12.4. The van der Waals surface area contributed by atoms with Gasteiger partial charge in [-0.3, -0.25) is 5.41 Å². The van der Waals surface area contributed by atoms with E-state index in [0.29, 0.717) is 0 Å². The molecule has 0 heterocycles. The highest BCUT2D eigenvalue weighted by molar-refractivity contribution is 5.82. The second-order valence-electron chi connectivity index (χ2n) is 5.63. The number of methoxy groups -OCH3 is 1. The van der Waals surface area contributed by atoms with Crippen LogP contribution in [0, 0.1) is 10.8 Å². The Morgan fingerprint density at radius 3 is 2.37 bits per heavy atom. The second-order valence-corrected chi connectivity index (χ2v) is 5.63. The third-order valence-corrected chi connectivity index (χ3v) is 3.46. The van der Waals surface area contributed by atoms with Gasteiger partial charge in [0.25, 0.3) is 0 Å². The minimum Gasteiger partial charge on any atom is -0.497 e. The van der Waals surface area contributed by atoms with Crippen LogP contribution in [0.4, 0.5) is 0 Å². The molecule has 4 nitrogen and oxygen atoms in total. The molecule has 0 aromatic heterocycles. The number of rotatable bonds is 7. The summed E-state index contributed by atoms with van der Waals surface area (Å²) in [6.45, 7) is 5.82. The van der Waals surface area contributed by atoms with Gasteiger partial charge in [0, 0.05) is 12.0 Å². The van der Waals surface area contributed by atoms with E-state index in [2.05, 4.69) is 24.1 Å². The van der Waals surface area contributed by atoms with Crippen molar-refractivity contribution in [3.63, 3.8) is 0 Å². The predicted molar refractivity (Wildman–Crippen MR) is 79.6 cm³/mol. The Kier molecular flexibility index (Phi) is 5.36. The van der Waals surface area contributed by atoms with Crippen molar-refractivity contribution in [2.75, 3.05) is 20.7 Å². The van der Waals surface area contributed by atoms with Gasteiger partial charge in [0.15, 0.2) is 0 Å². The molecule has 1 rings (SSSR count). The molecule has 0 atom stereocenters. The van der Waals surface area contributed by atoms with Crippen molar-refractivity contribution in [1.82, 2.24) is 4.90 Å². The highest BCUT2D eigenvalue weighted by atomic mass is 16.5. The van der Waals surface area contributed by atoms with E-state index in [1.807, 2.05) is 26.0 Å². The van der Waals surface area contributed by atoms with E-state index < -0.39 is 0 Å². The normalized spacial score (nSPS) is 11.6. The molecule has 0 saturated carbocycles. The van der Waals surface area contributed by atoms with E-state index in [4.69, 9.17) is 15.9 Å². The SMILES string of the molecule is COc1ccc(CN(C)CCC(C)(C)C(=N)N)cc1. The van der Waals surface area contributed by atoms with Crippen LogP contribution in [0.15, 0.2) is 24.3 Å². The summed E-state index contributed by atoms with van der Waals surface area (Å²) in [5.41, 5.74) is 6.62. The average Bonchev–Trinajstić information content (AvgIpc) is 2.37. The van der Waals surface area contributed by atoms with Crippen LogP contribution in [0.2, 0.25) is 0 Å². The number of nitrogens with two attached hydrogens (primary N) is 1. The standard InChI is InChI=1S/C15H25N3O/c1-15(2,14(16)17)9-10-18(3)11-12-5-7-13(19-4)8-6-12/h5-8H,9-11H2,1-4H3,(H3,16,17). The van der Waals surface area contributed by atoms with Gasteiger partial charge in [0.1, 0.15) is 5.75 Å². The lowest BCUT2D eigenvalue weighted by Crippen LogP contribution is -2.34. The van der Waals surface area contributed by atoms with Gasteiger partial charge in [-0.15, -0.1) is 0 Å². The molecule has 0 amide bonds. The van der Waals surface area contributed by atoms with Crippen LogP contribution < -0.4 is 10.5 Å². The van der Waals surface area contributed by atoms with Gasteiger partial charge < -0.3 is 15.4 Å². The summed E-state index contributed by atoms with van der Waals surface area (Å²) < 4.78 is 5.14. The maximum atomic E-state index is 7.55. The Bertz CT molecular complexity index is 412. The van der Waals surface area contributed by atoms with Crippen LogP contribution in [0.25, 0.3) is 0 Å². The van der Waals surface area contributed by atoms with Crippen molar-refractivity contribution in [3.05, 3.63) is 29.8 Å². The lowest BCUT2D eigenvalue weighted by molar-refractivity contribution is 0.284. The van der Waals surface area contributed by atoms with Crippen LogP contribution in [0.3, 0.4) is 0 Å². The van der Waals surface area contributed by atoms with Crippen molar-refractivity contribution in [1.29, 1.82) is 5.41 Å². The number of hydrogen-bond donors (Lipinski definition) is 2. The predicted octanol–water partition coefficient (Wildman–Crippen LogP) is 2.48. The van der Waals surface area contributed by atoms with E-state index in [1.165, 1.54) is 5.56 Å². The Morgan fingerprint density at radius 1 is 1.32 bits per heavy atom. The van der Waals surface area contributed by atoms with Crippen LogP contribution in [0.5, 0.6) is 5.75 Å². The van der Waals surface area contributed by atoms with E-state index >= 15 is 0 Å². The van der Waals surface area contributed by atoms with E-state index in [-0.39, 0.29) is 11.3 Å². The number of benzene rings is 1. The molecule has 0 aliphatic heterocycles. The summed E-state index contributed by atoms with van der Waals surface area (Å²) in [5.74, 6) is 1.13. The molecule has 1 aromatic rings. The number of nitrogens with zero attached hydrogens (tertiary/aromatic N) is 1. The van der Waals surface area contributed by atoms with Gasteiger partial charge in [-0.05, 0) is 37.7 Å². The second kappa shape index (κ2) is 6.57. The molecule has 1 aromatic carbocycles. The number of amidine groups is 1. The van der Waals surface area contributed by atoms with Crippen LogP contribution in [0.1, 0.15) is 25.8 Å². The maximum Gasteiger partial charge on any atom is 0.118 e. The maximum absolute atomic E-state index is 7.55. The van der Waals surface area contributed by atoms with Gasteiger partial charge in [-0.1, -0.05) is 26.0 Å². The van der Waals surface area contributed by atoms with Crippen molar-refractivity contribution < 1.29 is 4.74 Å². The van der Waals surface area contributed by atoms with Gasteiger partial charge in [-0.2, -0.15) is 0 Å². The Morgan fingerprint density at radius 2 is 1.89 bits per heavy atom. The monoisotopic (exact) mass is 263 g/mol. The first-order chi connectivity index (χ1) is 8.85. The molecule has 0 aliphatic carbocycles. The molecular weight excluding hydrogens is 238 g/mol. The van der Waals surface area contributed by atoms with E-state index in [1.54, 1.807) is 7.11 Å². The Labute approximate surface area is 116 Å². The molecule has 0 spiro atoms. The molecule has 19 heavy (non-hydrogen) atoms. The molecular formula is C15H25N3O.